The average Bonchev–Trinajstić information content (AvgIpc) is 2.56. The van der Waals surface area contributed by atoms with Crippen LogP contribution in [0.3, 0.4) is 0 Å². The molecule has 0 bridgehead atoms. The molecule has 0 aliphatic rings. The monoisotopic (exact) mass is 351 g/mol. The Morgan fingerprint density at radius 1 is 1.24 bits per heavy atom. The summed E-state index contributed by atoms with van der Waals surface area (Å²) in [7, 11) is 1.32. The topological polar surface area (TPSA) is 47.6 Å². The first-order valence-electron chi connectivity index (χ1n) is 7.27. The van der Waals surface area contributed by atoms with Crippen LogP contribution in [-0.4, -0.2) is 19.6 Å². The van der Waals surface area contributed by atoms with Gasteiger partial charge in [0.05, 0.1) is 7.11 Å². The number of methoxy groups -OCH3 is 1. The van der Waals surface area contributed by atoms with E-state index in [0.717, 1.165) is 6.08 Å². The minimum atomic E-state index is -3.03. The van der Waals surface area contributed by atoms with Crippen molar-refractivity contribution in [1.82, 2.24) is 0 Å². The highest BCUT2D eigenvalue weighted by Gasteiger charge is 2.14. The Balaban J connectivity index is 2.19. The first-order chi connectivity index (χ1) is 11.9. The van der Waals surface area contributed by atoms with E-state index in [1.807, 2.05) is 0 Å². The summed E-state index contributed by atoms with van der Waals surface area (Å²) in [5.74, 6) is -0.948. The highest BCUT2D eigenvalue weighted by molar-refractivity contribution is 6.02. The van der Waals surface area contributed by atoms with E-state index in [1.54, 1.807) is 13.0 Å². The number of para-hydroxylation sites is 1. The molecular weight excluding hydrogens is 335 g/mol. The number of hydrogen-bond acceptors (Lipinski definition) is 3. The number of nitrogens with one attached hydrogen (secondary N) is 1. The predicted molar refractivity (Wildman–Crippen MR) is 88.4 cm³/mol. The maximum Gasteiger partial charge on any atom is 0.387 e. The summed E-state index contributed by atoms with van der Waals surface area (Å²) in [5, 5.41) is 2.58. The molecule has 1 amide bonds. The van der Waals surface area contributed by atoms with Crippen LogP contribution in [0.2, 0.25) is 0 Å². The first-order valence-corrected chi connectivity index (χ1v) is 7.27. The molecule has 2 aromatic rings. The van der Waals surface area contributed by atoms with Crippen molar-refractivity contribution in [3.8, 4) is 11.5 Å². The molecule has 2 aromatic carbocycles. The molecule has 7 heteroatoms. The molecule has 132 valence electrons. The van der Waals surface area contributed by atoms with Crippen molar-refractivity contribution >= 4 is 17.7 Å². The fourth-order valence-corrected chi connectivity index (χ4v) is 2.15. The molecular formula is C18H16F3NO3. The van der Waals surface area contributed by atoms with E-state index in [-0.39, 0.29) is 17.1 Å². The minimum absolute atomic E-state index is 0.122. The van der Waals surface area contributed by atoms with Gasteiger partial charge in [0.2, 0.25) is 5.91 Å². The molecule has 0 saturated carbocycles. The van der Waals surface area contributed by atoms with Gasteiger partial charge in [0, 0.05) is 17.3 Å². The predicted octanol–water partition coefficient (Wildman–Crippen LogP) is 4.40. The maximum absolute atomic E-state index is 13.1. The summed E-state index contributed by atoms with van der Waals surface area (Å²) in [4.78, 5) is 12.0. The van der Waals surface area contributed by atoms with Gasteiger partial charge in [-0.05, 0) is 42.8 Å². The lowest BCUT2D eigenvalue weighted by Gasteiger charge is -2.12. The third-order valence-electron chi connectivity index (χ3n) is 3.30. The number of anilines is 1. The molecule has 25 heavy (non-hydrogen) atoms. The molecule has 0 aliphatic heterocycles. The fourth-order valence-electron chi connectivity index (χ4n) is 2.15. The molecule has 4 nitrogen and oxygen atoms in total. The molecule has 0 atom stereocenters. The van der Waals surface area contributed by atoms with Crippen LogP contribution in [0.4, 0.5) is 18.9 Å². The van der Waals surface area contributed by atoms with Crippen LogP contribution in [0, 0.1) is 12.7 Å². The second-order valence-electron chi connectivity index (χ2n) is 5.04. The highest BCUT2D eigenvalue weighted by Crippen LogP contribution is 2.33. The van der Waals surface area contributed by atoms with Crippen LogP contribution in [0.1, 0.15) is 11.1 Å². The van der Waals surface area contributed by atoms with Gasteiger partial charge >= 0.3 is 6.61 Å². The summed E-state index contributed by atoms with van der Waals surface area (Å²) in [6.45, 7) is -1.38. The number of amides is 1. The maximum atomic E-state index is 13.1. The van der Waals surface area contributed by atoms with E-state index in [4.69, 9.17) is 4.74 Å². The van der Waals surface area contributed by atoms with Crippen LogP contribution >= 0.6 is 0 Å². The van der Waals surface area contributed by atoms with E-state index < -0.39 is 18.3 Å². The molecule has 0 unspecified atom stereocenters. The third kappa shape index (κ3) is 5.00. The van der Waals surface area contributed by atoms with Gasteiger partial charge in [-0.15, -0.1) is 0 Å². The summed E-state index contributed by atoms with van der Waals surface area (Å²) in [6.07, 6.45) is 2.49. The van der Waals surface area contributed by atoms with Crippen molar-refractivity contribution in [3.05, 3.63) is 59.4 Å². The lowest BCUT2D eigenvalue weighted by atomic mass is 10.1. The van der Waals surface area contributed by atoms with E-state index in [1.165, 1.54) is 43.5 Å². The molecule has 0 radical (unpaired) electrons. The zero-order valence-corrected chi connectivity index (χ0v) is 13.6. The number of alkyl halides is 2. The number of aryl methyl sites for hydroxylation is 1. The number of ether oxygens (including phenoxy) is 2. The van der Waals surface area contributed by atoms with E-state index in [0.29, 0.717) is 11.3 Å². The lowest BCUT2D eigenvalue weighted by Crippen LogP contribution is -2.09. The van der Waals surface area contributed by atoms with Crippen molar-refractivity contribution in [1.29, 1.82) is 0 Å². The average molecular weight is 351 g/mol. The second-order valence-corrected chi connectivity index (χ2v) is 5.04. The van der Waals surface area contributed by atoms with Crippen LogP contribution < -0.4 is 14.8 Å². The number of halogens is 3. The van der Waals surface area contributed by atoms with E-state index in [9.17, 15) is 18.0 Å². The Bertz CT molecular complexity index is 791. The molecule has 1 N–H and O–H groups in total. The summed E-state index contributed by atoms with van der Waals surface area (Å²) in [6, 6.07) is 8.51. The molecule has 2 rings (SSSR count). The number of benzene rings is 2. The number of hydrogen-bond donors (Lipinski definition) is 1. The van der Waals surface area contributed by atoms with Crippen LogP contribution in [-0.2, 0) is 4.79 Å². The SMILES string of the molecule is COc1cccc(/C=C/C(=O)Nc2ccc(F)cc2C)c1OC(F)F. The van der Waals surface area contributed by atoms with Crippen LogP contribution in [0.15, 0.2) is 42.5 Å². The lowest BCUT2D eigenvalue weighted by molar-refractivity contribution is -0.111. The number of rotatable bonds is 6. The smallest absolute Gasteiger partial charge is 0.387 e. The Hall–Kier alpha value is -2.96. The summed E-state index contributed by atoms with van der Waals surface area (Å²) in [5.41, 5.74) is 1.27. The molecule has 0 aromatic heterocycles. The van der Waals surface area contributed by atoms with Gasteiger partial charge in [-0.25, -0.2) is 4.39 Å². The van der Waals surface area contributed by atoms with Gasteiger partial charge in [-0.2, -0.15) is 8.78 Å². The Labute approximate surface area is 142 Å². The Morgan fingerprint density at radius 2 is 2.00 bits per heavy atom. The van der Waals surface area contributed by atoms with Gasteiger partial charge in [-0.3, -0.25) is 4.79 Å². The Morgan fingerprint density at radius 3 is 2.64 bits per heavy atom. The second kappa shape index (κ2) is 8.23. The molecule has 0 fully saturated rings. The van der Waals surface area contributed by atoms with Gasteiger partial charge in [0.25, 0.3) is 0 Å². The van der Waals surface area contributed by atoms with Crippen LogP contribution in [0.5, 0.6) is 11.5 Å². The number of carbonyl (C=O) groups excluding carboxylic acids is 1. The number of carbonyl (C=O) groups is 1. The minimum Gasteiger partial charge on any atom is -0.493 e. The first kappa shape index (κ1) is 18.4. The van der Waals surface area contributed by atoms with Gasteiger partial charge in [0.15, 0.2) is 11.5 Å². The van der Waals surface area contributed by atoms with E-state index in [2.05, 4.69) is 10.1 Å². The summed E-state index contributed by atoms with van der Waals surface area (Å²) >= 11 is 0. The zero-order valence-electron chi connectivity index (χ0n) is 13.6. The fraction of sp³-hybridized carbons (Fsp3) is 0.167. The quantitative estimate of drug-likeness (QED) is 0.785. The molecule has 0 heterocycles. The third-order valence-corrected chi connectivity index (χ3v) is 3.30. The normalized spacial score (nSPS) is 11.0. The van der Waals surface area contributed by atoms with Crippen LogP contribution in [0.25, 0.3) is 6.08 Å². The largest absolute Gasteiger partial charge is 0.493 e. The van der Waals surface area contributed by atoms with Crippen molar-refractivity contribution in [3.63, 3.8) is 0 Å². The highest BCUT2D eigenvalue weighted by atomic mass is 19.3. The summed E-state index contributed by atoms with van der Waals surface area (Å²) < 4.78 is 47.7. The van der Waals surface area contributed by atoms with Gasteiger partial charge in [-0.1, -0.05) is 12.1 Å². The molecule has 0 spiro atoms. The van der Waals surface area contributed by atoms with Crippen molar-refractivity contribution in [2.24, 2.45) is 0 Å². The van der Waals surface area contributed by atoms with Crippen molar-refractivity contribution < 1.29 is 27.4 Å². The van der Waals surface area contributed by atoms with E-state index >= 15 is 0 Å². The Kier molecular flexibility index (Phi) is 6.05. The zero-order chi connectivity index (χ0) is 18.4. The molecule has 0 aliphatic carbocycles. The van der Waals surface area contributed by atoms with Crippen molar-refractivity contribution in [2.45, 2.75) is 13.5 Å². The molecule has 0 saturated heterocycles. The van der Waals surface area contributed by atoms with Gasteiger partial charge < -0.3 is 14.8 Å². The standard InChI is InChI=1S/C18H16F3NO3/c1-11-10-13(19)7-8-14(11)22-16(23)9-6-12-4-3-5-15(24-2)17(12)25-18(20)21/h3-10,18H,1-2H3,(H,22,23)/b9-6+. The van der Waals surface area contributed by atoms with Gasteiger partial charge in [0.1, 0.15) is 5.82 Å². The van der Waals surface area contributed by atoms with Crippen molar-refractivity contribution in [2.75, 3.05) is 12.4 Å².